The molecule has 0 bridgehead atoms. The summed E-state index contributed by atoms with van der Waals surface area (Å²) in [5, 5.41) is 2.60. The number of amides is 1. The number of nitrogens with zero attached hydrogens (tertiary/aromatic N) is 1. The quantitative estimate of drug-likeness (QED) is 0.861. The Morgan fingerprint density at radius 2 is 2.16 bits per heavy atom. The second-order valence-corrected chi connectivity index (χ2v) is 4.32. The lowest BCUT2D eigenvalue weighted by atomic mass is 10.1. The summed E-state index contributed by atoms with van der Waals surface area (Å²) in [6, 6.07) is 1.90. The van der Waals surface area contributed by atoms with Gasteiger partial charge in [0.15, 0.2) is 0 Å². The molecule has 0 saturated carbocycles. The summed E-state index contributed by atoms with van der Waals surface area (Å²) in [4.78, 5) is 15.1. The van der Waals surface area contributed by atoms with Crippen LogP contribution in [-0.4, -0.2) is 24.0 Å². The Morgan fingerprint density at radius 3 is 2.63 bits per heavy atom. The Hall–Kier alpha value is -1.63. The normalized spacial score (nSPS) is 13.1. The molecule has 4 nitrogen and oxygen atoms in total. The first kappa shape index (κ1) is 15.4. The number of aromatic nitrogens is 1. The van der Waals surface area contributed by atoms with E-state index in [0.29, 0.717) is 19.3 Å². The van der Waals surface area contributed by atoms with Gasteiger partial charge in [-0.1, -0.05) is 6.92 Å². The van der Waals surface area contributed by atoms with E-state index in [9.17, 15) is 18.0 Å². The van der Waals surface area contributed by atoms with Gasteiger partial charge in [-0.05, 0) is 31.0 Å². The molecule has 0 spiro atoms. The van der Waals surface area contributed by atoms with Crippen LogP contribution < -0.4 is 11.1 Å². The highest BCUT2D eigenvalue weighted by Gasteiger charge is 2.30. The minimum absolute atomic E-state index is 0.0343. The number of pyridine rings is 1. The fraction of sp³-hybridized carbons (Fsp3) is 0.500. The van der Waals surface area contributed by atoms with Crippen LogP contribution in [0.3, 0.4) is 0 Å². The molecule has 0 aliphatic heterocycles. The Morgan fingerprint density at radius 1 is 1.47 bits per heavy atom. The number of hydrogen-bond donors (Lipinski definition) is 2. The van der Waals surface area contributed by atoms with Crippen molar-refractivity contribution in [2.75, 3.05) is 13.1 Å². The van der Waals surface area contributed by atoms with Gasteiger partial charge in [-0.3, -0.25) is 9.78 Å². The molecule has 7 heteroatoms. The van der Waals surface area contributed by atoms with Crippen molar-refractivity contribution in [1.82, 2.24) is 10.3 Å². The summed E-state index contributed by atoms with van der Waals surface area (Å²) >= 11 is 0. The van der Waals surface area contributed by atoms with Crippen LogP contribution in [0.1, 0.15) is 29.4 Å². The van der Waals surface area contributed by atoms with Crippen molar-refractivity contribution in [2.45, 2.75) is 19.5 Å². The summed E-state index contributed by atoms with van der Waals surface area (Å²) in [5.41, 5.74) is 4.46. The van der Waals surface area contributed by atoms with E-state index in [0.717, 1.165) is 18.6 Å². The van der Waals surface area contributed by atoms with Crippen LogP contribution in [0.4, 0.5) is 13.2 Å². The third-order valence-electron chi connectivity index (χ3n) is 2.59. The average Bonchev–Trinajstić information content (AvgIpc) is 2.35. The monoisotopic (exact) mass is 275 g/mol. The fourth-order valence-electron chi connectivity index (χ4n) is 1.44. The van der Waals surface area contributed by atoms with Crippen molar-refractivity contribution >= 4 is 5.91 Å². The standard InChI is InChI=1S/C12H16F3N3O/c1-8(4-5-16)6-18-11(19)10-3-2-9(7-17-10)12(13,14)15/h2-3,7-8H,4-6,16H2,1H3,(H,18,19). The van der Waals surface area contributed by atoms with E-state index < -0.39 is 17.6 Å². The molecular formula is C12H16F3N3O. The molecule has 0 aliphatic carbocycles. The van der Waals surface area contributed by atoms with Crippen molar-refractivity contribution in [3.8, 4) is 0 Å². The van der Waals surface area contributed by atoms with E-state index in [1.165, 1.54) is 0 Å². The molecular weight excluding hydrogens is 259 g/mol. The molecule has 106 valence electrons. The van der Waals surface area contributed by atoms with Gasteiger partial charge in [0.25, 0.3) is 5.91 Å². The van der Waals surface area contributed by atoms with Gasteiger partial charge in [-0.15, -0.1) is 0 Å². The van der Waals surface area contributed by atoms with Crippen LogP contribution in [0.25, 0.3) is 0 Å². The summed E-state index contributed by atoms with van der Waals surface area (Å²) < 4.78 is 36.9. The van der Waals surface area contributed by atoms with Crippen LogP contribution >= 0.6 is 0 Å². The second kappa shape index (κ2) is 6.51. The molecule has 0 saturated heterocycles. The van der Waals surface area contributed by atoms with Crippen molar-refractivity contribution in [1.29, 1.82) is 0 Å². The SMILES string of the molecule is CC(CCN)CNC(=O)c1ccc(C(F)(F)F)cn1. The van der Waals surface area contributed by atoms with Gasteiger partial charge in [-0.25, -0.2) is 0 Å². The number of alkyl halides is 3. The number of carbonyl (C=O) groups excluding carboxylic acids is 1. The fourth-order valence-corrected chi connectivity index (χ4v) is 1.44. The lowest BCUT2D eigenvalue weighted by Gasteiger charge is -2.11. The van der Waals surface area contributed by atoms with Gasteiger partial charge in [0, 0.05) is 12.7 Å². The maximum absolute atomic E-state index is 12.3. The van der Waals surface area contributed by atoms with Crippen LogP contribution in [0.15, 0.2) is 18.3 Å². The van der Waals surface area contributed by atoms with Crippen LogP contribution in [0.5, 0.6) is 0 Å². The average molecular weight is 275 g/mol. The molecule has 0 radical (unpaired) electrons. The minimum Gasteiger partial charge on any atom is -0.350 e. The molecule has 1 aromatic rings. The summed E-state index contributed by atoms with van der Waals surface area (Å²) in [5.74, 6) is -0.277. The predicted octanol–water partition coefficient (Wildman–Crippen LogP) is 1.82. The maximum atomic E-state index is 12.3. The van der Waals surface area contributed by atoms with E-state index in [-0.39, 0.29) is 11.6 Å². The lowest BCUT2D eigenvalue weighted by molar-refractivity contribution is -0.137. The molecule has 0 aromatic carbocycles. The number of hydrogen-bond acceptors (Lipinski definition) is 3. The molecule has 1 aromatic heterocycles. The number of nitrogens with two attached hydrogens (primary N) is 1. The first-order chi connectivity index (χ1) is 8.84. The van der Waals surface area contributed by atoms with Gasteiger partial charge < -0.3 is 11.1 Å². The summed E-state index contributed by atoms with van der Waals surface area (Å²) in [6.45, 7) is 2.86. The van der Waals surface area contributed by atoms with Crippen molar-refractivity contribution < 1.29 is 18.0 Å². The zero-order valence-electron chi connectivity index (χ0n) is 10.5. The predicted molar refractivity (Wildman–Crippen MR) is 64.4 cm³/mol. The maximum Gasteiger partial charge on any atom is 0.417 e. The first-order valence-corrected chi connectivity index (χ1v) is 5.86. The largest absolute Gasteiger partial charge is 0.417 e. The minimum atomic E-state index is -4.45. The van der Waals surface area contributed by atoms with Crippen LogP contribution in [0, 0.1) is 5.92 Å². The van der Waals surface area contributed by atoms with E-state index >= 15 is 0 Å². The van der Waals surface area contributed by atoms with Crippen molar-refractivity contribution in [3.63, 3.8) is 0 Å². The Kier molecular flexibility index (Phi) is 5.29. The number of halogens is 3. The van der Waals surface area contributed by atoms with E-state index in [1.54, 1.807) is 0 Å². The van der Waals surface area contributed by atoms with Gasteiger partial charge in [0.2, 0.25) is 0 Å². The molecule has 1 heterocycles. The Bertz CT molecular complexity index is 417. The van der Waals surface area contributed by atoms with E-state index in [4.69, 9.17) is 5.73 Å². The molecule has 0 aliphatic rings. The van der Waals surface area contributed by atoms with Crippen molar-refractivity contribution in [3.05, 3.63) is 29.6 Å². The zero-order chi connectivity index (χ0) is 14.5. The Labute approximate surface area is 109 Å². The van der Waals surface area contributed by atoms with E-state index in [2.05, 4.69) is 10.3 Å². The third-order valence-corrected chi connectivity index (χ3v) is 2.59. The summed E-state index contributed by atoms with van der Waals surface area (Å²) in [7, 11) is 0. The molecule has 1 unspecified atom stereocenters. The zero-order valence-corrected chi connectivity index (χ0v) is 10.5. The van der Waals surface area contributed by atoms with Gasteiger partial charge in [0.1, 0.15) is 5.69 Å². The van der Waals surface area contributed by atoms with Crippen molar-refractivity contribution in [2.24, 2.45) is 11.7 Å². The third kappa shape index (κ3) is 4.86. The van der Waals surface area contributed by atoms with Gasteiger partial charge >= 0.3 is 6.18 Å². The summed E-state index contributed by atoms with van der Waals surface area (Å²) in [6.07, 6.45) is -3.03. The molecule has 0 fully saturated rings. The topological polar surface area (TPSA) is 68.0 Å². The van der Waals surface area contributed by atoms with Gasteiger partial charge in [0.05, 0.1) is 5.56 Å². The first-order valence-electron chi connectivity index (χ1n) is 5.86. The highest BCUT2D eigenvalue weighted by atomic mass is 19.4. The van der Waals surface area contributed by atoms with Gasteiger partial charge in [-0.2, -0.15) is 13.2 Å². The smallest absolute Gasteiger partial charge is 0.350 e. The second-order valence-electron chi connectivity index (χ2n) is 4.32. The highest BCUT2D eigenvalue weighted by Crippen LogP contribution is 2.28. The molecule has 19 heavy (non-hydrogen) atoms. The molecule has 1 amide bonds. The molecule has 1 atom stereocenters. The Balaban J connectivity index is 2.59. The van der Waals surface area contributed by atoms with E-state index in [1.807, 2.05) is 6.92 Å². The number of carbonyl (C=O) groups is 1. The number of nitrogens with one attached hydrogen (secondary N) is 1. The number of rotatable bonds is 5. The molecule has 3 N–H and O–H groups in total. The van der Waals surface area contributed by atoms with Crippen LogP contribution in [-0.2, 0) is 6.18 Å². The highest BCUT2D eigenvalue weighted by molar-refractivity contribution is 5.92. The molecule has 1 rings (SSSR count). The lowest BCUT2D eigenvalue weighted by Crippen LogP contribution is -2.29. The van der Waals surface area contributed by atoms with Crippen LogP contribution in [0.2, 0.25) is 0 Å².